The Morgan fingerprint density at radius 2 is 1.66 bits per heavy atom. The van der Waals surface area contributed by atoms with Crippen molar-refractivity contribution in [2.24, 2.45) is 0 Å². The number of anilines is 1. The molecule has 0 spiro atoms. The predicted octanol–water partition coefficient (Wildman–Crippen LogP) is 4.09. The normalized spacial score (nSPS) is 16.3. The summed E-state index contributed by atoms with van der Waals surface area (Å²) < 4.78 is 12.5. The van der Waals surface area contributed by atoms with Crippen molar-refractivity contribution in [1.29, 1.82) is 0 Å². The zero-order valence-electron chi connectivity index (χ0n) is 18.0. The summed E-state index contributed by atoms with van der Waals surface area (Å²) in [5.74, 6) is -0.438. The molecule has 0 unspecified atom stereocenters. The van der Waals surface area contributed by atoms with Crippen molar-refractivity contribution in [2.75, 3.05) is 10.7 Å². The Bertz CT molecular complexity index is 1130. The van der Waals surface area contributed by atoms with E-state index in [1.165, 1.54) is 5.56 Å². The number of hydrogen-bond donors (Lipinski definition) is 1. The van der Waals surface area contributed by atoms with E-state index in [4.69, 9.17) is 0 Å². The summed E-state index contributed by atoms with van der Waals surface area (Å²) in [4.78, 5) is 27.8. The summed E-state index contributed by atoms with van der Waals surface area (Å²) >= 11 is 0. The van der Waals surface area contributed by atoms with Crippen molar-refractivity contribution in [1.82, 2.24) is 5.32 Å². The molecule has 164 valence electrons. The molecule has 1 N–H and O–H groups in total. The Labute approximate surface area is 190 Å². The minimum absolute atomic E-state index is 0.00470. The number of carbonyl (C=O) groups is 2. The number of rotatable bonds is 7. The average Bonchev–Trinajstić information content (AvgIpc) is 2.81. The number of nitrogens with one attached hydrogen (secondary N) is 1. The van der Waals surface area contributed by atoms with Gasteiger partial charge in [-0.05, 0) is 49.1 Å². The standard InChI is InChI=1S/C26H26N2O3S/c1-19(12-13-20-8-4-2-5-9-20)27-26(30)22-14-15-24-23(16-22)28(25(29)18-32(24)31)17-21-10-6-3-7-11-21/h2-11,14-16,19H,12-13,17-18H2,1H3,(H,27,30)/t19-,32-/m1/s1. The molecule has 1 aliphatic rings. The van der Waals surface area contributed by atoms with Gasteiger partial charge in [-0.25, -0.2) is 0 Å². The maximum atomic E-state index is 12.9. The molecule has 0 radical (unpaired) electrons. The fraction of sp³-hybridized carbons (Fsp3) is 0.231. The molecule has 2 atom stereocenters. The summed E-state index contributed by atoms with van der Waals surface area (Å²) in [5, 5.41) is 3.04. The van der Waals surface area contributed by atoms with Crippen LogP contribution >= 0.6 is 0 Å². The van der Waals surface area contributed by atoms with E-state index in [1.807, 2.05) is 55.5 Å². The molecule has 0 aliphatic carbocycles. The molecule has 2 amide bonds. The molecule has 5 nitrogen and oxygen atoms in total. The van der Waals surface area contributed by atoms with Crippen molar-refractivity contribution < 1.29 is 13.8 Å². The summed E-state index contributed by atoms with van der Waals surface area (Å²) in [5.41, 5.74) is 3.22. The number of amides is 2. The number of aryl methyl sites for hydroxylation is 1. The lowest BCUT2D eigenvalue weighted by atomic mass is 10.1. The minimum atomic E-state index is -1.40. The molecule has 3 aromatic carbocycles. The van der Waals surface area contributed by atoms with Crippen LogP contribution in [0.25, 0.3) is 0 Å². The fourth-order valence-corrected chi connectivity index (χ4v) is 4.97. The lowest BCUT2D eigenvalue weighted by Gasteiger charge is -2.29. The molecule has 0 aromatic heterocycles. The van der Waals surface area contributed by atoms with Gasteiger partial charge in [0.1, 0.15) is 5.75 Å². The molecule has 6 heteroatoms. The van der Waals surface area contributed by atoms with E-state index in [-0.39, 0.29) is 23.6 Å². The van der Waals surface area contributed by atoms with E-state index >= 15 is 0 Å². The predicted molar refractivity (Wildman–Crippen MR) is 127 cm³/mol. The third kappa shape index (κ3) is 5.14. The highest BCUT2D eigenvalue weighted by atomic mass is 32.2. The highest BCUT2D eigenvalue weighted by Crippen LogP contribution is 2.31. The summed E-state index contributed by atoms with van der Waals surface area (Å²) in [6, 6.07) is 24.9. The first-order valence-electron chi connectivity index (χ1n) is 10.7. The number of nitrogens with zero attached hydrogens (tertiary/aromatic N) is 1. The molecular formula is C26H26N2O3S. The maximum Gasteiger partial charge on any atom is 0.251 e. The van der Waals surface area contributed by atoms with Crippen molar-refractivity contribution in [2.45, 2.75) is 37.2 Å². The van der Waals surface area contributed by atoms with Crippen LogP contribution in [0.2, 0.25) is 0 Å². The van der Waals surface area contributed by atoms with E-state index in [0.717, 1.165) is 18.4 Å². The Hall–Kier alpha value is -3.25. The average molecular weight is 447 g/mol. The quantitative estimate of drug-likeness (QED) is 0.594. The van der Waals surface area contributed by atoms with E-state index in [9.17, 15) is 13.8 Å². The second-order valence-corrected chi connectivity index (χ2v) is 9.46. The first-order chi connectivity index (χ1) is 15.5. The van der Waals surface area contributed by atoms with Crippen LogP contribution in [0, 0.1) is 0 Å². The molecule has 0 bridgehead atoms. The minimum Gasteiger partial charge on any atom is -0.350 e. The SMILES string of the molecule is C[C@H](CCc1ccccc1)NC(=O)c1ccc2c(c1)N(Cc1ccccc1)C(=O)C[S@]2=O. The van der Waals surface area contributed by atoms with Gasteiger partial charge in [-0.15, -0.1) is 0 Å². The molecule has 1 aliphatic heterocycles. The van der Waals surface area contributed by atoms with Crippen molar-refractivity contribution in [3.05, 3.63) is 95.6 Å². The van der Waals surface area contributed by atoms with Gasteiger partial charge in [0.15, 0.2) is 0 Å². The van der Waals surface area contributed by atoms with Gasteiger partial charge in [0, 0.05) is 11.6 Å². The molecule has 1 heterocycles. The van der Waals surface area contributed by atoms with Gasteiger partial charge in [-0.1, -0.05) is 60.7 Å². The number of benzene rings is 3. The fourth-order valence-electron chi connectivity index (χ4n) is 3.81. The topological polar surface area (TPSA) is 66.5 Å². The van der Waals surface area contributed by atoms with Gasteiger partial charge >= 0.3 is 0 Å². The van der Waals surface area contributed by atoms with Crippen LogP contribution in [-0.2, 0) is 28.6 Å². The molecule has 0 saturated heterocycles. The zero-order chi connectivity index (χ0) is 22.5. The first-order valence-corrected chi connectivity index (χ1v) is 12.0. The Morgan fingerprint density at radius 3 is 2.34 bits per heavy atom. The second-order valence-electron chi connectivity index (χ2n) is 8.04. The maximum absolute atomic E-state index is 12.9. The Morgan fingerprint density at radius 1 is 1.00 bits per heavy atom. The zero-order valence-corrected chi connectivity index (χ0v) is 18.8. The van der Waals surface area contributed by atoms with Gasteiger partial charge in [0.2, 0.25) is 5.91 Å². The lowest BCUT2D eigenvalue weighted by Crippen LogP contribution is -2.39. The highest BCUT2D eigenvalue weighted by molar-refractivity contribution is 7.86. The van der Waals surface area contributed by atoms with Crippen LogP contribution in [0.5, 0.6) is 0 Å². The smallest absolute Gasteiger partial charge is 0.251 e. The highest BCUT2D eigenvalue weighted by Gasteiger charge is 2.30. The summed E-state index contributed by atoms with van der Waals surface area (Å²) in [7, 11) is -1.40. The lowest BCUT2D eigenvalue weighted by molar-refractivity contribution is -0.116. The van der Waals surface area contributed by atoms with Crippen LogP contribution in [0.4, 0.5) is 5.69 Å². The van der Waals surface area contributed by atoms with Crippen LogP contribution in [0.3, 0.4) is 0 Å². The van der Waals surface area contributed by atoms with Gasteiger partial charge in [0.25, 0.3) is 5.91 Å². The number of carbonyl (C=O) groups excluding carboxylic acids is 2. The molecule has 4 rings (SSSR count). The van der Waals surface area contributed by atoms with E-state index in [1.54, 1.807) is 23.1 Å². The van der Waals surface area contributed by atoms with E-state index in [0.29, 0.717) is 22.7 Å². The van der Waals surface area contributed by atoms with Crippen LogP contribution in [-0.4, -0.2) is 27.8 Å². The van der Waals surface area contributed by atoms with Crippen LogP contribution < -0.4 is 10.2 Å². The molecular weight excluding hydrogens is 420 g/mol. The van der Waals surface area contributed by atoms with Crippen LogP contribution in [0.15, 0.2) is 83.8 Å². The van der Waals surface area contributed by atoms with Gasteiger partial charge in [-0.2, -0.15) is 0 Å². The largest absolute Gasteiger partial charge is 0.350 e. The van der Waals surface area contributed by atoms with E-state index in [2.05, 4.69) is 17.4 Å². The van der Waals surface area contributed by atoms with Crippen molar-refractivity contribution in [3.8, 4) is 0 Å². The third-order valence-electron chi connectivity index (χ3n) is 5.58. The number of hydrogen-bond acceptors (Lipinski definition) is 3. The Kier molecular flexibility index (Phi) is 6.81. The Balaban J connectivity index is 1.50. The summed E-state index contributed by atoms with van der Waals surface area (Å²) in [6.07, 6.45) is 1.70. The number of fused-ring (bicyclic) bond motifs is 1. The van der Waals surface area contributed by atoms with Gasteiger partial charge in [-0.3, -0.25) is 13.8 Å². The second kappa shape index (κ2) is 9.92. The van der Waals surface area contributed by atoms with Crippen molar-refractivity contribution in [3.63, 3.8) is 0 Å². The molecule has 32 heavy (non-hydrogen) atoms. The first kappa shape index (κ1) is 22.0. The molecule has 0 saturated carbocycles. The molecule has 0 fully saturated rings. The molecule has 3 aromatic rings. The van der Waals surface area contributed by atoms with E-state index < -0.39 is 10.8 Å². The third-order valence-corrected chi connectivity index (χ3v) is 6.93. The van der Waals surface area contributed by atoms with Crippen LogP contribution in [0.1, 0.15) is 34.8 Å². The van der Waals surface area contributed by atoms with Gasteiger partial charge < -0.3 is 10.2 Å². The monoisotopic (exact) mass is 446 g/mol. The van der Waals surface area contributed by atoms with Crippen molar-refractivity contribution >= 4 is 28.3 Å². The summed E-state index contributed by atoms with van der Waals surface area (Å²) in [6.45, 7) is 2.36. The van der Waals surface area contributed by atoms with Gasteiger partial charge in [0.05, 0.1) is 27.9 Å².